The molecule has 0 spiro atoms. The van der Waals surface area contributed by atoms with Gasteiger partial charge in [0.25, 0.3) is 10.1 Å². The zero-order chi connectivity index (χ0) is 21.2. The zero-order valence-corrected chi connectivity index (χ0v) is 18.5. The third-order valence-corrected chi connectivity index (χ3v) is 6.42. The van der Waals surface area contributed by atoms with Crippen molar-refractivity contribution in [1.82, 2.24) is 9.96 Å². The van der Waals surface area contributed by atoms with Crippen molar-refractivity contribution in [2.24, 2.45) is 0 Å². The highest BCUT2D eigenvalue weighted by Gasteiger charge is 2.45. The molecule has 0 bridgehead atoms. The Balaban J connectivity index is 0.000000221. The predicted octanol–water partition coefficient (Wildman–Crippen LogP) is 3.90. The first-order valence-corrected chi connectivity index (χ1v) is 11.3. The molecule has 0 radical (unpaired) electrons. The Labute approximate surface area is 169 Å². The first kappa shape index (κ1) is 23.0. The van der Waals surface area contributed by atoms with Crippen molar-refractivity contribution < 1.29 is 18.2 Å². The van der Waals surface area contributed by atoms with Crippen LogP contribution in [-0.2, 0) is 10.1 Å². The summed E-state index contributed by atoms with van der Waals surface area (Å²) in [4.78, 5) is 2.45. The minimum atomic E-state index is -4.02. The summed E-state index contributed by atoms with van der Waals surface area (Å²) in [6.45, 7) is 13.6. The average Bonchev–Trinajstić information content (AvgIpc) is 2.75. The van der Waals surface area contributed by atoms with Crippen molar-refractivity contribution in [1.29, 1.82) is 0 Å². The van der Waals surface area contributed by atoms with E-state index in [1.54, 1.807) is 12.1 Å². The predicted molar refractivity (Wildman–Crippen MR) is 111 cm³/mol. The van der Waals surface area contributed by atoms with Crippen molar-refractivity contribution in [2.45, 2.75) is 69.9 Å². The van der Waals surface area contributed by atoms with Gasteiger partial charge >= 0.3 is 0 Å². The first-order chi connectivity index (χ1) is 12.8. The van der Waals surface area contributed by atoms with E-state index in [-0.39, 0.29) is 16.0 Å². The van der Waals surface area contributed by atoms with E-state index in [2.05, 4.69) is 38.7 Å². The quantitative estimate of drug-likeness (QED) is 0.581. The number of nitrogens with zero attached hydrogens (tertiary/aromatic N) is 2. The molecule has 0 saturated carbocycles. The number of likely N-dealkylation sites (tertiary alicyclic amines) is 1. The molecule has 28 heavy (non-hydrogen) atoms. The van der Waals surface area contributed by atoms with Crippen LogP contribution in [-0.4, -0.2) is 58.9 Å². The van der Waals surface area contributed by atoms with Crippen LogP contribution in [0.4, 0.5) is 0 Å². The van der Waals surface area contributed by atoms with Gasteiger partial charge in [-0.1, -0.05) is 30.2 Å². The maximum atomic E-state index is 10.5. The smallest absolute Gasteiger partial charge is 0.294 e. The van der Waals surface area contributed by atoms with E-state index < -0.39 is 10.1 Å². The highest BCUT2D eigenvalue weighted by molar-refractivity contribution is 7.85. The lowest BCUT2D eigenvalue weighted by atomic mass is 9.95. The summed E-state index contributed by atoms with van der Waals surface area (Å²) in [7, 11) is -4.02. The Morgan fingerprint density at radius 1 is 1.00 bits per heavy atom. The molecule has 1 aromatic rings. The number of piperidine rings is 1. The molecular formula is C21H34N2O4S. The highest BCUT2D eigenvalue weighted by atomic mass is 32.2. The summed E-state index contributed by atoms with van der Waals surface area (Å²) >= 11 is 0. The van der Waals surface area contributed by atoms with E-state index in [4.69, 9.17) is 4.55 Å². The van der Waals surface area contributed by atoms with Crippen molar-refractivity contribution in [3.63, 3.8) is 0 Å². The van der Waals surface area contributed by atoms with Crippen molar-refractivity contribution in [3.05, 3.63) is 41.5 Å². The van der Waals surface area contributed by atoms with Crippen LogP contribution in [0, 0.1) is 6.92 Å². The Morgan fingerprint density at radius 3 is 1.96 bits per heavy atom. The van der Waals surface area contributed by atoms with Crippen LogP contribution in [0.3, 0.4) is 0 Å². The van der Waals surface area contributed by atoms with Gasteiger partial charge in [-0.2, -0.15) is 13.5 Å². The summed E-state index contributed by atoms with van der Waals surface area (Å²) in [6, 6.07) is 5.99. The Morgan fingerprint density at radius 2 is 1.54 bits per heavy atom. The third kappa shape index (κ3) is 5.64. The molecule has 3 rings (SSSR count). The molecule has 2 heterocycles. The summed E-state index contributed by atoms with van der Waals surface area (Å²) in [5, 5.41) is 11.7. The normalized spacial score (nSPS) is 22.3. The van der Waals surface area contributed by atoms with Crippen LogP contribution in [0.15, 0.2) is 40.8 Å². The van der Waals surface area contributed by atoms with E-state index >= 15 is 0 Å². The Bertz CT molecular complexity index is 792. The molecule has 6 nitrogen and oxygen atoms in total. The summed E-state index contributed by atoms with van der Waals surface area (Å²) in [6.07, 6.45) is 6.25. The van der Waals surface area contributed by atoms with Crippen molar-refractivity contribution in [3.8, 4) is 0 Å². The lowest BCUT2D eigenvalue weighted by Crippen LogP contribution is -2.49. The fourth-order valence-corrected chi connectivity index (χ4v) is 4.31. The highest BCUT2D eigenvalue weighted by Crippen LogP contribution is 2.38. The topological polar surface area (TPSA) is 81.1 Å². The molecule has 0 amide bonds. The molecule has 158 valence electrons. The average molecular weight is 411 g/mol. The van der Waals surface area contributed by atoms with Gasteiger partial charge in [-0.3, -0.25) is 9.45 Å². The second-order valence-corrected chi connectivity index (χ2v) is 10.2. The molecule has 7 heteroatoms. The van der Waals surface area contributed by atoms with Gasteiger partial charge in [0.15, 0.2) is 0 Å². The van der Waals surface area contributed by atoms with Gasteiger partial charge in [0.2, 0.25) is 0 Å². The van der Waals surface area contributed by atoms with E-state index in [1.807, 2.05) is 6.92 Å². The number of benzene rings is 1. The fraction of sp³-hybridized carbons (Fsp3) is 0.619. The van der Waals surface area contributed by atoms with Gasteiger partial charge in [0.05, 0.1) is 16.0 Å². The van der Waals surface area contributed by atoms with Crippen LogP contribution in [0.5, 0.6) is 0 Å². The van der Waals surface area contributed by atoms with Crippen molar-refractivity contribution in [2.75, 3.05) is 19.6 Å². The standard InChI is InChI=1S/C14H26N2O.C7H8O3S/c1-13(2)10-12(14(3,4)16(13)17)11-15-8-6-5-7-9-15;1-6-2-4-7(5-3-6)11(8,9)10/h10,17H,5-9,11H2,1-4H3;2-5H,1H3,(H,8,9,10). The largest absolute Gasteiger partial charge is 0.312 e. The lowest BCUT2D eigenvalue weighted by Gasteiger charge is -2.37. The molecule has 0 unspecified atom stereocenters. The third-order valence-electron chi connectivity index (χ3n) is 5.55. The zero-order valence-electron chi connectivity index (χ0n) is 17.6. The molecule has 2 aliphatic heterocycles. The molecule has 0 aromatic heterocycles. The number of hydrogen-bond acceptors (Lipinski definition) is 5. The molecule has 1 fully saturated rings. The molecule has 1 saturated heterocycles. The summed E-state index contributed by atoms with van der Waals surface area (Å²) in [5.41, 5.74) is 1.83. The molecule has 1 aromatic carbocycles. The Hall–Kier alpha value is -1.25. The van der Waals surface area contributed by atoms with E-state index in [0.717, 1.165) is 12.1 Å². The minimum absolute atomic E-state index is 0.0666. The summed E-state index contributed by atoms with van der Waals surface area (Å²) < 4.78 is 29.6. The summed E-state index contributed by atoms with van der Waals surface area (Å²) in [5.74, 6) is 0. The van der Waals surface area contributed by atoms with Crippen LogP contribution in [0.2, 0.25) is 0 Å². The number of hydrogen-bond donors (Lipinski definition) is 2. The van der Waals surface area contributed by atoms with Gasteiger partial charge in [0.1, 0.15) is 0 Å². The molecule has 2 aliphatic rings. The molecule has 0 atom stereocenters. The van der Waals surface area contributed by atoms with Gasteiger partial charge in [-0.05, 0) is 78.3 Å². The molecule has 0 aliphatic carbocycles. The minimum Gasteiger partial charge on any atom is -0.312 e. The second-order valence-electron chi connectivity index (χ2n) is 8.82. The van der Waals surface area contributed by atoms with Gasteiger partial charge in [-0.15, -0.1) is 0 Å². The SMILES string of the molecule is CC1(C)C=C(CN2CCCCC2)C(C)(C)N1O.Cc1ccc(S(=O)(=O)O)cc1. The van der Waals surface area contributed by atoms with Gasteiger partial charge in [0, 0.05) is 6.54 Å². The van der Waals surface area contributed by atoms with Crippen molar-refractivity contribution >= 4 is 10.1 Å². The Kier molecular flexibility index (Phi) is 7.10. The second kappa shape index (κ2) is 8.63. The maximum Gasteiger partial charge on any atom is 0.294 e. The van der Waals surface area contributed by atoms with Crippen LogP contribution < -0.4 is 0 Å². The van der Waals surface area contributed by atoms with Crippen LogP contribution in [0.25, 0.3) is 0 Å². The van der Waals surface area contributed by atoms with Gasteiger partial charge < -0.3 is 5.21 Å². The number of rotatable bonds is 3. The first-order valence-electron chi connectivity index (χ1n) is 9.82. The maximum absolute atomic E-state index is 10.5. The lowest BCUT2D eigenvalue weighted by molar-refractivity contribution is -0.185. The monoisotopic (exact) mass is 410 g/mol. The van der Waals surface area contributed by atoms with Crippen LogP contribution in [0.1, 0.15) is 52.5 Å². The number of aryl methyl sites for hydroxylation is 1. The molecule has 2 N–H and O–H groups in total. The van der Waals surface area contributed by atoms with E-state index in [1.165, 1.54) is 55.1 Å². The van der Waals surface area contributed by atoms with E-state index in [0.29, 0.717) is 0 Å². The molecular weight excluding hydrogens is 376 g/mol. The van der Waals surface area contributed by atoms with Crippen LogP contribution >= 0.6 is 0 Å². The fourth-order valence-electron chi connectivity index (χ4n) is 3.83. The van der Waals surface area contributed by atoms with Gasteiger partial charge in [-0.25, -0.2) is 0 Å². The number of hydroxylamine groups is 2. The van der Waals surface area contributed by atoms with E-state index in [9.17, 15) is 13.6 Å².